The van der Waals surface area contributed by atoms with Gasteiger partial charge < -0.3 is 15.0 Å². The molecule has 0 aliphatic heterocycles. The zero-order valence-corrected chi connectivity index (χ0v) is 10.4. The SMILES string of the molecule is CCCn1ccc(CNc2ccc(O)c(F)c2)c1. The van der Waals surface area contributed by atoms with Gasteiger partial charge in [-0.2, -0.15) is 0 Å². The van der Waals surface area contributed by atoms with Crippen molar-refractivity contribution in [2.75, 3.05) is 5.32 Å². The zero-order chi connectivity index (χ0) is 13.0. The van der Waals surface area contributed by atoms with E-state index in [1.165, 1.54) is 12.1 Å². The molecule has 1 aromatic heterocycles. The maximum absolute atomic E-state index is 13.1. The normalized spacial score (nSPS) is 10.6. The number of aromatic hydroxyl groups is 1. The molecule has 0 saturated heterocycles. The van der Waals surface area contributed by atoms with Gasteiger partial charge in [-0.05, 0) is 30.2 Å². The van der Waals surface area contributed by atoms with Gasteiger partial charge in [0.2, 0.25) is 0 Å². The summed E-state index contributed by atoms with van der Waals surface area (Å²) in [6.07, 6.45) is 5.22. The highest BCUT2D eigenvalue weighted by Gasteiger charge is 2.02. The molecule has 3 nitrogen and oxygen atoms in total. The van der Waals surface area contributed by atoms with E-state index in [4.69, 9.17) is 5.11 Å². The second kappa shape index (κ2) is 5.58. The summed E-state index contributed by atoms with van der Waals surface area (Å²) < 4.78 is 15.2. The van der Waals surface area contributed by atoms with Gasteiger partial charge in [0.1, 0.15) is 0 Å². The minimum Gasteiger partial charge on any atom is -0.505 e. The Morgan fingerprint density at radius 3 is 2.89 bits per heavy atom. The fraction of sp³-hybridized carbons (Fsp3) is 0.286. The van der Waals surface area contributed by atoms with Crippen molar-refractivity contribution >= 4 is 5.69 Å². The van der Waals surface area contributed by atoms with Crippen LogP contribution in [0.4, 0.5) is 10.1 Å². The Morgan fingerprint density at radius 1 is 1.33 bits per heavy atom. The van der Waals surface area contributed by atoms with Gasteiger partial charge in [0.15, 0.2) is 11.6 Å². The number of rotatable bonds is 5. The van der Waals surface area contributed by atoms with E-state index in [1.54, 1.807) is 6.07 Å². The highest BCUT2D eigenvalue weighted by Crippen LogP contribution is 2.19. The molecule has 1 heterocycles. The zero-order valence-electron chi connectivity index (χ0n) is 10.4. The first-order valence-corrected chi connectivity index (χ1v) is 6.06. The number of aromatic nitrogens is 1. The van der Waals surface area contributed by atoms with Gasteiger partial charge in [-0.25, -0.2) is 4.39 Å². The van der Waals surface area contributed by atoms with Gasteiger partial charge in [-0.3, -0.25) is 0 Å². The van der Waals surface area contributed by atoms with Crippen molar-refractivity contribution in [3.8, 4) is 5.75 Å². The number of nitrogens with zero attached hydrogens (tertiary/aromatic N) is 1. The minimum atomic E-state index is -0.608. The van der Waals surface area contributed by atoms with E-state index in [2.05, 4.69) is 23.0 Å². The molecule has 2 rings (SSSR count). The number of phenols is 1. The van der Waals surface area contributed by atoms with E-state index < -0.39 is 5.82 Å². The second-order valence-electron chi connectivity index (χ2n) is 4.28. The lowest BCUT2D eigenvalue weighted by Crippen LogP contribution is -1.99. The monoisotopic (exact) mass is 248 g/mol. The van der Waals surface area contributed by atoms with E-state index in [1.807, 2.05) is 12.3 Å². The Bertz CT molecular complexity index is 522. The van der Waals surface area contributed by atoms with Crippen LogP contribution < -0.4 is 5.32 Å². The molecule has 0 saturated carbocycles. The first-order valence-electron chi connectivity index (χ1n) is 6.06. The lowest BCUT2D eigenvalue weighted by Gasteiger charge is -2.05. The van der Waals surface area contributed by atoms with Crippen molar-refractivity contribution in [1.29, 1.82) is 0 Å². The molecule has 0 fully saturated rings. The molecule has 0 radical (unpaired) electrons. The number of hydrogen-bond acceptors (Lipinski definition) is 2. The van der Waals surface area contributed by atoms with E-state index in [-0.39, 0.29) is 5.75 Å². The fourth-order valence-corrected chi connectivity index (χ4v) is 1.81. The Morgan fingerprint density at radius 2 is 2.17 bits per heavy atom. The summed E-state index contributed by atoms with van der Waals surface area (Å²) in [6.45, 7) is 3.78. The van der Waals surface area contributed by atoms with Crippen molar-refractivity contribution in [2.24, 2.45) is 0 Å². The maximum atomic E-state index is 13.1. The molecule has 18 heavy (non-hydrogen) atoms. The van der Waals surface area contributed by atoms with Gasteiger partial charge in [0.25, 0.3) is 0 Å². The Hall–Kier alpha value is -1.97. The number of anilines is 1. The lowest BCUT2D eigenvalue weighted by atomic mass is 10.2. The van der Waals surface area contributed by atoms with E-state index in [9.17, 15) is 4.39 Å². The molecule has 0 atom stereocenters. The number of halogens is 1. The predicted octanol–water partition coefficient (Wildman–Crippen LogP) is 3.35. The molecule has 2 N–H and O–H groups in total. The van der Waals surface area contributed by atoms with Crippen molar-refractivity contribution in [3.63, 3.8) is 0 Å². The molecule has 1 aromatic carbocycles. The summed E-state index contributed by atoms with van der Waals surface area (Å²) in [6, 6.07) is 6.33. The Balaban J connectivity index is 1.95. The summed E-state index contributed by atoms with van der Waals surface area (Å²) in [7, 11) is 0. The second-order valence-corrected chi connectivity index (χ2v) is 4.28. The largest absolute Gasteiger partial charge is 0.505 e. The Labute approximate surface area is 106 Å². The molecular formula is C14H17FN2O. The van der Waals surface area contributed by atoms with E-state index in [0.29, 0.717) is 12.2 Å². The predicted molar refractivity (Wildman–Crippen MR) is 70.1 cm³/mol. The highest BCUT2D eigenvalue weighted by molar-refractivity contribution is 5.47. The summed E-state index contributed by atoms with van der Waals surface area (Å²) >= 11 is 0. The van der Waals surface area contributed by atoms with Crippen LogP contribution in [-0.4, -0.2) is 9.67 Å². The number of phenolic OH excluding ortho intramolecular Hbond substituents is 1. The number of hydrogen-bond donors (Lipinski definition) is 2. The van der Waals surface area contributed by atoms with Gasteiger partial charge in [0.05, 0.1) is 0 Å². The van der Waals surface area contributed by atoms with Gasteiger partial charge in [-0.15, -0.1) is 0 Å². The summed E-state index contributed by atoms with van der Waals surface area (Å²) in [5, 5.41) is 12.2. The molecule has 0 aliphatic rings. The molecule has 4 heteroatoms. The van der Waals surface area contributed by atoms with E-state index >= 15 is 0 Å². The molecule has 96 valence electrons. The molecule has 0 bridgehead atoms. The van der Waals surface area contributed by atoms with Crippen LogP contribution in [0.2, 0.25) is 0 Å². The fourth-order valence-electron chi connectivity index (χ4n) is 1.81. The minimum absolute atomic E-state index is 0.324. The number of aryl methyl sites for hydroxylation is 1. The number of nitrogens with one attached hydrogen (secondary N) is 1. The summed E-state index contributed by atoms with van der Waals surface area (Å²) in [5.41, 5.74) is 1.81. The van der Waals surface area contributed by atoms with Crippen LogP contribution >= 0.6 is 0 Å². The Kier molecular flexibility index (Phi) is 3.87. The lowest BCUT2D eigenvalue weighted by molar-refractivity contribution is 0.432. The smallest absolute Gasteiger partial charge is 0.166 e. The molecular weight excluding hydrogens is 231 g/mol. The molecule has 0 aliphatic carbocycles. The maximum Gasteiger partial charge on any atom is 0.166 e. The quantitative estimate of drug-likeness (QED) is 0.796. The van der Waals surface area contributed by atoms with Crippen molar-refractivity contribution < 1.29 is 9.50 Å². The first-order chi connectivity index (χ1) is 8.69. The van der Waals surface area contributed by atoms with Crippen LogP contribution in [0.15, 0.2) is 36.7 Å². The standard InChI is InChI=1S/C14H17FN2O/c1-2-6-17-7-5-11(10-17)9-16-12-3-4-14(18)13(15)8-12/h3-5,7-8,10,16,18H,2,6,9H2,1H3. The van der Waals surface area contributed by atoms with Crippen molar-refractivity contribution in [2.45, 2.75) is 26.4 Å². The topological polar surface area (TPSA) is 37.2 Å². The van der Waals surface area contributed by atoms with Crippen molar-refractivity contribution in [3.05, 3.63) is 48.0 Å². The molecule has 0 unspecified atom stereocenters. The average molecular weight is 248 g/mol. The third-order valence-corrected chi connectivity index (χ3v) is 2.74. The van der Waals surface area contributed by atoms with Crippen LogP contribution in [0.1, 0.15) is 18.9 Å². The third kappa shape index (κ3) is 3.03. The van der Waals surface area contributed by atoms with Gasteiger partial charge >= 0.3 is 0 Å². The highest BCUT2D eigenvalue weighted by atomic mass is 19.1. The molecule has 2 aromatic rings. The summed E-state index contributed by atoms with van der Waals surface area (Å²) in [5.74, 6) is -0.932. The average Bonchev–Trinajstić information content (AvgIpc) is 2.79. The van der Waals surface area contributed by atoms with Gasteiger partial charge in [-0.1, -0.05) is 6.92 Å². The van der Waals surface area contributed by atoms with E-state index in [0.717, 1.165) is 18.5 Å². The summed E-state index contributed by atoms with van der Waals surface area (Å²) in [4.78, 5) is 0. The van der Waals surface area contributed by atoms with Crippen LogP contribution in [-0.2, 0) is 13.1 Å². The van der Waals surface area contributed by atoms with Crippen LogP contribution in [0.3, 0.4) is 0 Å². The van der Waals surface area contributed by atoms with Crippen LogP contribution in [0.5, 0.6) is 5.75 Å². The molecule has 0 amide bonds. The molecule has 0 spiro atoms. The van der Waals surface area contributed by atoms with Crippen LogP contribution in [0.25, 0.3) is 0 Å². The van der Waals surface area contributed by atoms with Gasteiger partial charge in [0, 0.05) is 37.2 Å². The third-order valence-electron chi connectivity index (χ3n) is 2.74. The van der Waals surface area contributed by atoms with Crippen molar-refractivity contribution in [1.82, 2.24) is 4.57 Å². The first kappa shape index (κ1) is 12.5. The number of benzene rings is 1. The van der Waals surface area contributed by atoms with Crippen LogP contribution in [0, 0.1) is 5.82 Å².